The van der Waals surface area contributed by atoms with Crippen molar-refractivity contribution in [3.63, 3.8) is 0 Å². The molecule has 0 N–H and O–H groups in total. The summed E-state index contributed by atoms with van der Waals surface area (Å²) in [5.74, 6) is 1.40. The van der Waals surface area contributed by atoms with Crippen LogP contribution in [0.3, 0.4) is 0 Å². The molecule has 1 atom stereocenters. The molecule has 4 heterocycles. The van der Waals surface area contributed by atoms with E-state index in [1.807, 2.05) is 42.4 Å². The number of nitrogens with zero attached hydrogens (tertiary/aromatic N) is 6. The first-order valence-electron chi connectivity index (χ1n) is 9.91. The number of carbonyl (C=O) groups excluding carboxylic acids is 1. The molecule has 1 unspecified atom stereocenters. The minimum Gasteiger partial charge on any atom is -0.337 e. The van der Waals surface area contributed by atoms with Crippen LogP contribution in [0.1, 0.15) is 35.9 Å². The first-order chi connectivity index (χ1) is 13.7. The molecule has 7 heteroatoms. The Morgan fingerprint density at radius 1 is 1.25 bits per heavy atom. The predicted molar refractivity (Wildman–Crippen MR) is 107 cm³/mol. The molecule has 0 radical (unpaired) electrons. The molecule has 146 valence electrons. The zero-order valence-electron chi connectivity index (χ0n) is 16.5. The van der Waals surface area contributed by atoms with Gasteiger partial charge >= 0.3 is 0 Å². The van der Waals surface area contributed by atoms with E-state index in [9.17, 15) is 4.79 Å². The van der Waals surface area contributed by atoms with Gasteiger partial charge in [-0.25, -0.2) is 4.98 Å². The standard InChI is InChI=1S/C21H26N6O/c1-3-26-12-8-19(24-26)21(28)25-11-4-5-17(14-25)15-27-16(2)13-23-20(27)18-6-9-22-10-7-18/h6-10,12-13,17H,3-5,11,14-15H2,1-2H3. The fourth-order valence-electron chi connectivity index (χ4n) is 3.89. The zero-order chi connectivity index (χ0) is 19.5. The second kappa shape index (κ2) is 7.96. The summed E-state index contributed by atoms with van der Waals surface area (Å²) in [6.45, 7) is 7.29. The van der Waals surface area contributed by atoms with Crippen molar-refractivity contribution < 1.29 is 4.79 Å². The fourth-order valence-corrected chi connectivity index (χ4v) is 3.89. The molecular weight excluding hydrogens is 352 g/mol. The van der Waals surface area contributed by atoms with E-state index >= 15 is 0 Å². The van der Waals surface area contributed by atoms with E-state index in [4.69, 9.17) is 0 Å². The number of aryl methyl sites for hydroxylation is 2. The third-order valence-corrected chi connectivity index (χ3v) is 5.42. The summed E-state index contributed by atoms with van der Waals surface area (Å²) in [5, 5.41) is 4.38. The molecule has 1 saturated heterocycles. The lowest BCUT2D eigenvalue weighted by atomic mass is 9.97. The number of hydrogen-bond acceptors (Lipinski definition) is 4. The van der Waals surface area contributed by atoms with Crippen molar-refractivity contribution in [2.24, 2.45) is 5.92 Å². The molecule has 0 aliphatic carbocycles. The van der Waals surface area contributed by atoms with E-state index in [2.05, 4.69) is 26.6 Å². The summed E-state index contributed by atoms with van der Waals surface area (Å²) in [7, 11) is 0. The second-order valence-corrected chi connectivity index (χ2v) is 7.39. The number of carbonyl (C=O) groups is 1. The highest BCUT2D eigenvalue weighted by Gasteiger charge is 2.27. The molecule has 1 amide bonds. The number of amides is 1. The van der Waals surface area contributed by atoms with Crippen molar-refractivity contribution >= 4 is 5.91 Å². The van der Waals surface area contributed by atoms with Crippen LogP contribution in [-0.4, -0.2) is 48.2 Å². The molecule has 1 fully saturated rings. The van der Waals surface area contributed by atoms with Crippen LogP contribution in [0.5, 0.6) is 0 Å². The van der Waals surface area contributed by atoms with Gasteiger partial charge in [0.25, 0.3) is 5.91 Å². The third kappa shape index (κ3) is 3.69. The number of likely N-dealkylation sites (tertiary alicyclic amines) is 1. The molecule has 0 spiro atoms. The topological polar surface area (TPSA) is 68.8 Å². The molecule has 0 aromatic carbocycles. The van der Waals surface area contributed by atoms with Gasteiger partial charge in [-0.1, -0.05) is 0 Å². The van der Waals surface area contributed by atoms with Gasteiger partial charge in [0.1, 0.15) is 11.5 Å². The molecule has 3 aromatic rings. The van der Waals surface area contributed by atoms with Crippen molar-refractivity contribution in [1.29, 1.82) is 0 Å². The Kier molecular flexibility index (Phi) is 5.23. The minimum absolute atomic E-state index is 0.0358. The van der Waals surface area contributed by atoms with Crippen LogP contribution in [0.2, 0.25) is 0 Å². The smallest absolute Gasteiger partial charge is 0.274 e. The number of hydrogen-bond donors (Lipinski definition) is 0. The molecule has 0 bridgehead atoms. The average molecular weight is 378 g/mol. The number of rotatable bonds is 5. The summed E-state index contributed by atoms with van der Waals surface area (Å²) >= 11 is 0. The van der Waals surface area contributed by atoms with Gasteiger partial charge in [-0.2, -0.15) is 5.10 Å². The molecule has 1 aliphatic rings. The van der Waals surface area contributed by atoms with Gasteiger partial charge in [-0.3, -0.25) is 14.5 Å². The molecule has 3 aromatic heterocycles. The Balaban J connectivity index is 1.49. The Bertz CT molecular complexity index is 945. The second-order valence-electron chi connectivity index (χ2n) is 7.39. The molecule has 4 rings (SSSR count). The van der Waals surface area contributed by atoms with Crippen molar-refractivity contribution in [3.05, 3.63) is 54.4 Å². The van der Waals surface area contributed by atoms with Crippen LogP contribution in [0.15, 0.2) is 43.0 Å². The van der Waals surface area contributed by atoms with Gasteiger partial charge in [0.2, 0.25) is 0 Å². The molecular formula is C21H26N6O. The van der Waals surface area contributed by atoms with Gasteiger partial charge in [-0.05, 0) is 50.8 Å². The summed E-state index contributed by atoms with van der Waals surface area (Å²) in [6, 6.07) is 5.79. The van der Waals surface area contributed by atoms with Crippen LogP contribution in [0, 0.1) is 12.8 Å². The molecule has 7 nitrogen and oxygen atoms in total. The Morgan fingerprint density at radius 3 is 2.82 bits per heavy atom. The third-order valence-electron chi connectivity index (χ3n) is 5.42. The lowest BCUT2D eigenvalue weighted by Crippen LogP contribution is -2.41. The molecule has 28 heavy (non-hydrogen) atoms. The lowest BCUT2D eigenvalue weighted by Gasteiger charge is -2.33. The highest BCUT2D eigenvalue weighted by Crippen LogP contribution is 2.25. The lowest BCUT2D eigenvalue weighted by molar-refractivity contribution is 0.0655. The van der Waals surface area contributed by atoms with E-state index in [1.54, 1.807) is 17.1 Å². The molecule has 1 aliphatic heterocycles. The van der Waals surface area contributed by atoms with Crippen LogP contribution < -0.4 is 0 Å². The van der Waals surface area contributed by atoms with Gasteiger partial charge in [0, 0.05) is 62.2 Å². The van der Waals surface area contributed by atoms with E-state index in [-0.39, 0.29) is 5.91 Å². The van der Waals surface area contributed by atoms with Crippen molar-refractivity contribution in [2.45, 2.75) is 39.8 Å². The van der Waals surface area contributed by atoms with E-state index < -0.39 is 0 Å². The zero-order valence-corrected chi connectivity index (χ0v) is 16.5. The normalized spacial score (nSPS) is 17.1. The van der Waals surface area contributed by atoms with Crippen LogP contribution >= 0.6 is 0 Å². The maximum atomic E-state index is 12.9. The largest absolute Gasteiger partial charge is 0.337 e. The van der Waals surface area contributed by atoms with Gasteiger partial charge < -0.3 is 9.47 Å². The summed E-state index contributed by atoms with van der Waals surface area (Å²) in [6.07, 6.45) is 9.49. The van der Waals surface area contributed by atoms with E-state index in [0.29, 0.717) is 11.6 Å². The van der Waals surface area contributed by atoms with Crippen LogP contribution in [-0.2, 0) is 13.1 Å². The first-order valence-corrected chi connectivity index (χ1v) is 9.91. The minimum atomic E-state index is 0.0358. The van der Waals surface area contributed by atoms with Crippen molar-refractivity contribution in [2.75, 3.05) is 13.1 Å². The highest BCUT2D eigenvalue weighted by molar-refractivity contribution is 5.92. The predicted octanol–water partition coefficient (Wildman–Crippen LogP) is 3.02. The number of aromatic nitrogens is 5. The monoisotopic (exact) mass is 378 g/mol. The van der Waals surface area contributed by atoms with Crippen molar-refractivity contribution in [3.8, 4) is 11.4 Å². The Labute approximate surface area is 165 Å². The average Bonchev–Trinajstić information content (AvgIpc) is 3.36. The maximum Gasteiger partial charge on any atom is 0.274 e. The Morgan fingerprint density at radius 2 is 2.07 bits per heavy atom. The van der Waals surface area contributed by atoms with Gasteiger partial charge in [0.15, 0.2) is 0 Å². The number of imidazole rings is 1. The summed E-state index contributed by atoms with van der Waals surface area (Å²) in [5.41, 5.74) is 2.74. The van der Waals surface area contributed by atoms with Crippen LogP contribution in [0.4, 0.5) is 0 Å². The SMILES string of the molecule is CCn1ccc(C(=O)N2CCCC(Cn3c(C)cnc3-c3ccncc3)C2)n1. The van der Waals surface area contributed by atoms with Crippen molar-refractivity contribution in [1.82, 2.24) is 29.2 Å². The molecule has 0 saturated carbocycles. The number of pyridine rings is 1. The van der Waals surface area contributed by atoms with Gasteiger partial charge in [-0.15, -0.1) is 0 Å². The maximum absolute atomic E-state index is 12.9. The van der Waals surface area contributed by atoms with Crippen LogP contribution in [0.25, 0.3) is 11.4 Å². The Hall–Kier alpha value is -2.96. The number of piperidine rings is 1. The van der Waals surface area contributed by atoms with Gasteiger partial charge in [0.05, 0.1) is 0 Å². The van der Waals surface area contributed by atoms with E-state index in [0.717, 1.165) is 56.1 Å². The summed E-state index contributed by atoms with van der Waals surface area (Å²) < 4.78 is 4.06. The summed E-state index contributed by atoms with van der Waals surface area (Å²) in [4.78, 5) is 23.5. The van der Waals surface area contributed by atoms with E-state index in [1.165, 1.54) is 0 Å². The highest BCUT2D eigenvalue weighted by atomic mass is 16.2. The fraction of sp³-hybridized carbons (Fsp3) is 0.429. The first kappa shape index (κ1) is 18.4. The quantitative estimate of drug-likeness (QED) is 0.684.